The van der Waals surface area contributed by atoms with Crippen molar-refractivity contribution in [2.24, 2.45) is 4.99 Å². The maximum Gasteiger partial charge on any atom is 0.0735 e. The number of allylic oxidation sites excluding steroid dienone is 8. The van der Waals surface area contributed by atoms with Crippen molar-refractivity contribution in [2.45, 2.75) is 6.92 Å². The smallest absolute Gasteiger partial charge is 0.0735 e. The summed E-state index contributed by atoms with van der Waals surface area (Å²) in [5.74, 6) is 0. The zero-order chi connectivity index (χ0) is 12.0. The normalized spacial score (nSPS) is 21.2. The Hall–Kier alpha value is -1.83. The lowest BCUT2D eigenvalue weighted by atomic mass is 9.91. The van der Waals surface area contributed by atoms with Gasteiger partial charge >= 0.3 is 0 Å². The van der Waals surface area contributed by atoms with Crippen molar-refractivity contribution < 1.29 is 0 Å². The van der Waals surface area contributed by atoms with Crippen LogP contribution in [0.5, 0.6) is 0 Å². The van der Waals surface area contributed by atoms with Crippen LogP contribution >= 0.6 is 0 Å². The lowest BCUT2D eigenvalue weighted by Gasteiger charge is -2.15. The van der Waals surface area contributed by atoms with E-state index in [0.29, 0.717) is 0 Å². The van der Waals surface area contributed by atoms with E-state index in [9.17, 15) is 0 Å². The fourth-order valence-corrected chi connectivity index (χ4v) is 1.68. The molecular weight excluding hydrogens is 196 g/mol. The molecule has 1 rings (SSSR count). The molecule has 0 aromatic carbocycles. The fraction of sp³-hybridized carbons (Fsp3) is 0.214. The first kappa shape index (κ1) is 12.2. The predicted molar refractivity (Wildman–Crippen MR) is 71.7 cm³/mol. The van der Waals surface area contributed by atoms with Crippen LogP contribution < -0.4 is 5.32 Å². The van der Waals surface area contributed by atoms with E-state index in [0.717, 1.165) is 22.4 Å². The second-order valence-corrected chi connectivity index (χ2v) is 3.37. The first-order valence-electron chi connectivity index (χ1n) is 5.31. The first-order valence-corrected chi connectivity index (χ1v) is 5.31. The van der Waals surface area contributed by atoms with E-state index < -0.39 is 0 Å². The average molecular weight is 214 g/mol. The molecule has 0 amide bonds. The average Bonchev–Trinajstić information content (AvgIpc) is 2.30. The van der Waals surface area contributed by atoms with Crippen molar-refractivity contribution in [1.82, 2.24) is 5.32 Å². The van der Waals surface area contributed by atoms with Crippen LogP contribution in [0.15, 0.2) is 64.9 Å². The van der Waals surface area contributed by atoms with Gasteiger partial charge in [0.1, 0.15) is 0 Å². The van der Waals surface area contributed by atoms with E-state index in [2.05, 4.69) is 29.0 Å². The summed E-state index contributed by atoms with van der Waals surface area (Å²) in [4.78, 5) is 4.35. The van der Waals surface area contributed by atoms with E-state index in [4.69, 9.17) is 0 Å². The monoisotopic (exact) mass is 214 g/mol. The van der Waals surface area contributed by atoms with Gasteiger partial charge < -0.3 is 5.32 Å². The lowest BCUT2D eigenvalue weighted by molar-refractivity contribution is 1.09. The van der Waals surface area contributed by atoms with E-state index >= 15 is 0 Å². The third-order valence-corrected chi connectivity index (χ3v) is 2.36. The molecule has 0 saturated carbocycles. The van der Waals surface area contributed by atoms with Crippen LogP contribution in [0.1, 0.15) is 6.92 Å². The second kappa shape index (κ2) is 5.91. The SMILES string of the molecule is C=CC1=C(/C=C\C)C(=N/C)/C(=C\NC)C=C1. The Morgan fingerprint density at radius 2 is 2.12 bits per heavy atom. The number of hydrogen-bond donors (Lipinski definition) is 1. The largest absolute Gasteiger partial charge is 0.393 e. The summed E-state index contributed by atoms with van der Waals surface area (Å²) in [5, 5.41) is 3.03. The molecule has 0 unspecified atom stereocenters. The van der Waals surface area contributed by atoms with Gasteiger partial charge in [-0.1, -0.05) is 37.0 Å². The molecule has 0 spiro atoms. The Balaban J connectivity index is 3.32. The maximum atomic E-state index is 4.35. The second-order valence-electron chi connectivity index (χ2n) is 3.37. The van der Waals surface area contributed by atoms with E-state index in [-0.39, 0.29) is 0 Å². The van der Waals surface area contributed by atoms with Crippen LogP contribution in [0.2, 0.25) is 0 Å². The summed E-state index contributed by atoms with van der Waals surface area (Å²) in [6, 6.07) is 0. The number of aliphatic imine (C=N–C) groups is 1. The Kier molecular flexibility index (Phi) is 4.52. The van der Waals surface area contributed by atoms with Gasteiger partial charge in [0.2, 0.25) is 0 Å². The van der Waals surface area contributed by atoms with Crippen LogP contribution in [-0.4, -0.2) is 19.8 Å². The minimum Gasteiger partial charge on any atom is -0.393 e. The van der Waals surface area contributed by atoms with Gasteiger partial charge in [-0.15, -0.1) is 0 Å². The van der Waals surface area contributed by atoms with Crippen LogP contribution in [0, 0.1) is 0 Å². The summed E-state index contributed by atoms with van der Waals surface area (Å²) in [6.45, 7) is 5.82. The third kappa shape index (κ3) is 2.40. The van der Waals surface area contributed by atoms with Crippen LogP contribution in [-0.2, 0) is 0 Å². The molecule has 0 aromatic heterocycles. The van der Waals surface area contributed by atoms with E-state index in [1.165, 1.54) is 0 Å². The minimum absolute atomic E-state index is 0.991. The number of nitrogens with zero attached hydrogens (tertiary/aromatic N) is 1. The molecular formula is C14H18N2. The zero-order valence-corrected chi connectivity index (χ0v) is 10.1. The van der Waals surface area contributed by atoms with Gasteiger partial charge in [0.15, 0.2) is 0 Å². The van der Waals surface area contributed by atoms with Crippen LogP contribution in [0.25, 0.3) is 0 Å². The fourth-order valence-electron chi connectivity index (χ4n) is 1.68. The molecule has 0 atom stereocenters. The molecule has 0 bridgehead atoms. The van der Waals surface area contributed by atoms with Crippen molar-refractivity contribution in [2.75, 3.05) is 14.1 Å². The first-order chi connectivity index (χ1) is 7.78. The van der Waals surface area contributed by atoms with E-state index in [1.54, 1.807) is 0 Å². The van der Waals surface area contributed by atoms with Gasteiger partial charge in [0.05, 0.1) is 5.71 Å². The van der Waals surface area contributed by atoms with Gasteiger partial charge in [-0.25, -0.2) is 0 Å². The number of hydrogen-bond acceptors (Lipinski definition) is 2. The third-order valence-electron chi connectivity index (χ3n) is 2.36. The topological polar surface area (TPSA) is 24.4 Å². The Morgan fingerprint density at radius 1 is 1.38 bits per heavy atom. The molecule has 0 radical (unpaired) electrons. The van der Waals surface area contributed by atoms with Crippen LogP contribution in [0.3, 0.4) is 0 Å². The number of rotatable bonds is 3. The Bertz CT molecular complexity index is 418. The Morgan fingerprint density at radius 3 is 2.62 bits per heavy atom. The molecule has 1 aliphatic carbocycles. The van der Waals surface area contributed by atoms with Gasteiger partial charge in [-0.05, 0) is 12.5 Å². The van der Waals surface area contributed by atoms with Gasteiger partial charge in [0, 0.05) is 31.4 Å². The summed E-state index contributed by atoms with van der Waals surface area (Å²) in [7, 11) is 3.69. The van der Waals surface area contributed by atoms with E-state index in [1.807, 2.05) is 45.4 Å². The highest BCUT2D eigenvalue weighted by Crippen LogP contribution is 2.22. The van der Waals surface area contributed by atoms with Crippen molar-refractivity contribution in [3.05, 3.63) is 59.9 Å². The van der Waals surface area contributed by atoms with Crippen molar-refractivity contribution in [3.63, 3.8) is 0 Å². The van der Waals surface area contributed by atoms with Crippen molar-refractivity contribution in [3.8, 4) is 0 Å². The molecule has 84 valence electrons. The number of nitrogens with one attached hydrogen (secondary N) is 1. The maximum absolute atomic E-state index is 4.35. The molecule has 0 fully saturated rings. The molecule has 0 aliphatic heterocycles. The molecule has 0 heterocycles. The quantitative estimate of drug-likeness (QED) is 0.767. The van der Waals surface area contributed by atoms with Crippen molar-refractivity contribution >= 4 is 5.71 Å². The lowest BCUT2D eigenvalue weighted by Crippen LogP contribution is -2.12. The van der Waals surface area contributed by atoms with Crippen LogP contribution in [0.4, 0.5) is 0 Å². The van der Waals surface area contributed by atoms with Crippen molar-refractivity contribution in [1.29, 1.82) is 0 Å². The molecule has 1 N–H and O–H groups in total. The molecule has 2 heteroatoms. The highest BCUT2D eigenvalue weighted by atomic mass is 14.8. The molecule has 1 aliphatic rings. The van der Waals surface area contributed by atoms with Gasteiger partial charge in [-0.3, -0.25) is 4.99 Å². The zero-order valence-electron chi connectivity index (χ0n) is 10.1. The standard InChI is InChI=1S/C14H18N2/c1-5-7-13-11(6-2)8-9-12(10-15-3)14(13)16-4/h5-10,15H,2H2,1,3-4H3/b7-5-,12-10-,16-14+. The highest BCUT2D eigenvalue weighted by Gasteiger charge is 2.14. The Labute approximate surface area is 97.5 Å². The summed E-state index contributed by atoms with van der Waals surface area (Å²) in [5.41, 5.74) is 4.30. The summed E-state index contributed by atoms with van der Waals surface area (Å²) >= 11 is 0. The van der Waals surface area contributed by atoms with Gasteiger partial charge in [-0.2, -0.15) is 0 Å². The molecule has 16 heavy (non-hydrogen) atoms. The molecule has 2 nitrogen and oxygen atoms in total. The predicted octanol–water partition coefficient (Wildman–Crippen LogP) is 2.79. The summed E-state index contributed by atoms with van der Waals surface area (Å²) in [6.07, 6.45) is 12.0. The minimum atomic E-state index is 0.991. The molecule has 0 aromatic rings. The molecule has 0 saturated heterocycles. The van der Waals surface area contributed by atoms with Gasteiger partial charge in [0.25, 0.3) is 0 Å². The summed E-state index contributed by atoms with van der Waals surface area (Å²) < 4.78 is 0. The highest BCUT2D eigenvalue weighted by molar-refractivity contribution is 6.17.